The highest BCUT2D eigenvalue weighted by atomic mass is 35.5. The molecule has 0 heterocycles. The van der Waals surface area contributed by atoms with Crippen molar-refractivity contribution < 1.29 is 4.84 Å². The Labute approximate surface area is 96.5 Å². The van der Waals surface area contributed by atoms with Crippen LogP contribution in [0.4, 0.5) is 0 Å². The van der Waals surface area contributed by atoms with Crippen LogP contribution in [0.15, 0.2) is 24.3 Å². The van der Waals surface area contributed by atoms with Gasteiger partial charge in [-0.1, -0.05) is 23.7 Å². The first-order chi connectivity index (χ1) is 6.88. The Hall–Kier alpha value is -0.570. The lowest BCUT2D eigenvalue weighted by Gasteiger charge is -2.23. The van der Waals surface area contributed by atoms with Crippen molar-refractivity contribution in [3.8, 4) is 0 Å². The molecule has 0 aliphatic carbocycles. The maximum Gasteiger partial charge on any atom is 0.0813 e. The third-order valence-electron chi connectivity index (χ3n) is 1.91. The van der Waals surface area contributed by atoms with Crippen molar-refractivity contribution in [2.45, 2.75) is 39.3 Å². The summed E-state index contributed by atoms with van der Waals surface area (Å²) in [5.74, 6) is 0. The lowest BCUT2D eigenvalue weighted by molar-refractivity contribution is -0.0866. The number of halogens is 1. The highest BCUT2D eigenvalue weighted by Gasteiger charge is 2.13. The van der Waals surface area contributed by atoms with Crippen LogP contribution < -0.4 is 5.48 Å². The van der Waals surface area contributed by atoms with Crippen LogP contribution in [0, 0.1) is 0 Å². The average molecular weight is 228 g/mol. The van der Waals surface area contributed by atoms with E-state index in [1.807, 2.05) is 45.0 Å². The van der Waals surface area contributed by atoms with Crippen LogP contribution in [0.5, 0.6) is 0 Å². The Morgan fingerprint density at radius 2 is 1.73 bits per heavy atom. The van der Waals surface area contributed by atoms with Gasteiger partial charge in [0.05, 0.1) is 11.6 Å². The van der Waals surface area contributed by atoms with Gasteiger partial charge in [0, 0.05) is 5.02 Å². The topological polar surface area (TPSA) is 21.3 Å². The molecule has 1 unspecified atom stereocenters. The molecule has 0 radical (unpaired) electrons. The lowest BCUT2D eigenvalue weighted by atomic mass is 10.1. The first kappa shape index (κ1) is 12.5. The van der Waals surface area contributed by atoms with Gasteiger partial charge in [0.25, 0.3) is 0 Å². The van der Waals surface area contributed by atoms with Crippen LogP contribution in [0.25, 0.3) is 0 Å². The molecule has 1 rings (SSSR count). The standard InChI is InChI=1S/C12H18ClNO/c1-9(14-15-12(2,3)4)10-5-7-11(13)8-6-10/h5-9,14H,1-4H3. The summed E-state index contributed by atoms with van der Waals surface area (Å²) >= 11 is 5.81. The predicted molar refractivity (Wildman–Crippen MR) is 63.8 cm³/mol. The molecule has 0 saturated heterocycles. The maximum absolute atomic E-state index is 5.81. The summed E-state index contributed by atoms with van der Waals surface area (Å²) in [4.78, 5) is 5.49. The molecule has 0 aromatic heterocycles. The quantitative estimate of drug-likeness (QED) is 0.795. The fourth-order valence-electron chi connectivity index (χ4n) is 1.08. The molecular formula is C12H18ClNO. The Morgan fingerprint density at radius 3 is 2.20 bits per heavy atom. The number of nitrogens with one attached hydrogen (secondary N) is 1. The van der Waals surface area contributed by atoms with Gasteiger partial charge >= 0.3 is 0 Å². The van der Waals surface area contributed by atoms with E-state index in [9.17, 15) is 0 Å². The summed E-state index contributed by atoms with van der Waals surface area (Å²) in [7, 11) is 0. The average Bonchev–Trinajstić information content (AvgIpc) is 2.14. The number of hydroxylamine groups is 1. The molecule has 0 bridgehead atoms. The van der Waals surface area contributed by atoms with E-state index in [4.69, 9.17) is 16.4 Å². The fraction of sp³-hybridized carbons (Fsp3) is 0.500. The van der Waals surface area contributed by atoms with Gasteiger partial charge in [0.1, 0.15) is 0 Å². The first-order valence-corrected chi connectivity index (χ1v) is 5.45. The molecular weight excluding hydrogens is 210 g/mol. The van der Waals surface area contributed by atoms with E-state index in [1.165, 1.54) is 0 Å². The van der Waals surface area contributed by atoms with Crippen molar-refractivity contribution in [3.05, 3.63) is 34.9 Å². The minimum atomic E-state index is -0.180. The third-order valence-corrected chi connectivity index (χ3v) is 2.16. The van der Waals surface area contributed by atoms with E-state index in [-0.39, 0.29) is 11.6 Å². The minimum Gasteiger partial charge on any atom is -0.296 e. The van der Waals surface area contributed by atoms with E-state index < -0.39 is 0 Å². The van der Waals surface area contributed by atoms with Gasteiger partial charge in [-0.15, -0.1) is 0 Å². The highest BCUT2D eigenvalue weighted by molar-refractivity contribution is 6.30. The van der Waals surface area contributed by atoms with Crippen molar-refractivity contribution in [2.24, 2.45) is 0 Å². The molecule has 0 saturated carbocycles. The third kappa shape index (κ3) is 4.65. The van der Waals surface area contributed by atoms with Gasteiger partial charge in [0.15, 0.2) is 0 Å². The SMILES string of the molecule is CC(NOC(C)(C)C)c1ccc(Cl)cc1. The predicted octanol–water partition coefficient (Wildman–Crippen LogP) is 3.72. The second-order valence-corrected chi connectivity index (χ2v) is 5.04. The zero-order valence-electron chi connectivity index (χ0n) is 9.67. The molecule has 0 aliphatic heterocycles. The molecule has 2 nitrogen and oxygen atoms in total. The Bertz CT molecular complexity index is 302. The molecule has 1 aromatic carbocycles. The smallest absolute Gasteiger partial charge is 0.0813 e. The van der Waals surface area contributed by atoms with E-state index in [1.54, 1.807) is 0 Å². The molecule has 3 heteroatoms. The van der Waals surface area contributed by atoms with Gasteiger partial charge in [-0.25, -0.2) is 0 Å². The molecule has 1 aromatic rings. The number of hydrogen-bond acceptors (Lipinski definition) is 2. The Morgan fingerprint density at radius 1 is 1.20 bits per heavy atom. The summed E-state index contributed by atoms with van der Waals surface area (Å²) in [6.45, 7) is 8.08. The second-order valence-electron chi connectivity index (χ2n) is 4.61. The van der Waals surface area contributed by atoms with E-state index in [2.05, 4.69) is 12.4 Å². The highest BCUT2D eigenvalue weighted by Crippen LogP contribution is 2.17. The van der Waals surface area contributed by atoms with Crippen molar-refractivity contribution >= 4 is 11.6 Å². The van der Waals surface area contributed by atoms with Gasteiger partial charge in [0.2, 0.25) is 0 Å². The molecule has 0 amide bonds. The zero-order chi connectivity index (χ0) is 11.5. The molecule has 0 aliphatic rings. The van der Waals surface area contributed by atoms with Crippen LogP contribution >= 0.6 is 11.6 Å². The van der Waals surface area contributed by atoms with Crippen LogP contribution in [0.2, 0.25) is 5.02 Å². The minimum absolute atomic E-state index is 0.154. The number of rotatable bonds is 3. The van der Waals surface area contributed by atoms with E-state index >= 15 is 0 Å². The summed E-state index contributed by atoms with van der Waals surface area (Å²) in [5.41, 5.74) is 3.99. The molecule has 15 heavy (non-hydrogen) atoms. The van der Waals surface area contributed by atoms with Crippen molar-refractivity contribution in [1.82, 2.24) is 5.48 Å². The monoisotopic (exact) mass is 227 g/mol. The largest absolute Gasteiger partial charge is 0.296 e. The van der Waals surface area contributed by atoms with Crippen LogP contribution in [0.1, 0.15) is 39.3 Å². The normalized spacial score (nSPS) is 13.9. The van der Waals surface area contributed by atoms with E-state index in [0.29, 0.717) is 0 Å². The first-order valence-electron chi connectivity index (χ1n) is 5.07. The maximum atomic E-state index is 5.81. The van der Waals surface area contributed by atoms with Crippen LogP contribution in [-0.4, -0.2) is 5.60 Å². The fourth-order valence-corrected chi connectivity index (χ4v) is 1.21. The van der Waals surface area contributed by atoms with Crippen molar-refractivity contribution in [3.63, 3.8) is 0 Å². The summed E-state index contributed by atoms with van der Waals surface area (Å²) < 4.78 is 0. The van der Waals surface area contributed by atoms with Gasteiger partial charge in [-0.2, -0.15) is 5.48 Å². The lowest BCUT2D eigenvalue weighted by Crippen LogP contribution is -2.30. The summed E-state index contributed by atoms with van der Waals surface area (Å²) in [6.07, 6.45) is 0. The van der Waals surface area contributed by atoms with Crippen molar-refractivity contribution in [1.29, 1.82) is 0 Å². The molecule has 84 valence electrons. The summed E-state index contributed by atoms with van der Waals surface area (Å²) in [5, 5.41) is 0.752. The molecule has 1 N–H and O–H groups in total. The molecule has 1 atom stereocenters. The summed E-state index contributed by atoms with van der Waals surface area (Å²) in [6, 6.07) is 7.90. The van der Waals surface area contributed by atoms with E-state index in [0.717, 1.165) is 10.6 Å². The van der Waals surface area contributed by atoms with Gasteiger partial charge in [-0.3, -0.25) is 4.84 Å². The Balaban J connectivity index is 2.54. The van der Waals surface area contributed by atoms with Crippen LogP contribution in [0.3, 0.4) is 0 Å². The van der Waals surface area contributed by atoms with Gasteiger partial charge < -0.3 is 0 Å². The number of benzene rings is 1. The molecule has 0 spiro atoms. The zero-order valence-corrected chi connectivity index (χ0v) is 10.4. The van der Waals surface area contributed by atoms with Crippen molar-refractivity contribution in [2.75, 3.05) is 0 Å². The second kappa shape index (κ2) is 4.97. The molecule has 0 fully saturated rings. The number of hydrogen-bond donors (Lipinski definition) is 1. The Kier molecular flexibility index (Phi) is 4.14. The van der Waals surface area contributed by atoms with Crippen LogP contribution in [-0.2, 0) is 4.84 Å². The van der Waals surface area contributed by atoms with Gasteiger partial charge in [-0.05, 0) is 45.4 Å².